The molecule has 3 fully saturated rings. The highest BCUT2D eigenvalue weighted by Crippen LogP contribution is 2.42. The summed E-state index contributed by atoms with van der Waals surface area (Å²) in [4.78, 5) is 68.5. The van der Waals surface area contributed by atoms with Gasteiger partial charge in [-0.1, -0.05) is 12.1 Å². The minimum Gasteiger partial charge on any atom is -0.494 e. The molecule has 5 aromatic rings. The van der Waals surface area contributed by atoms with Gasteiger partial charge in [0.1, 0.15) is 24.8 Å². The number of methoxy groups -OCH3 is 1. The maximum absolute atomic E-state index is 13.5. The first-order valence-corrected chi connectivity index (χ1v) is 24.6. The summed E-state index contributed by atoms with van der Waals surface area (Å²) in [6, 6.07) is 16.0. The lowest BCUT2D eigenvalue weighted by atomic mass is 10.0. The second-order valence-electron chi connectivity index (χ2n) is 17.0. The van der Waals surface area contributed by atoms with Gasteiger partial charge in [0.25, 0.3) is 11.8 Å². The number of para-hydroxylation sites is 1. The number of aryl methyl sites for hydroxylation is 1. The number of piperazine rings is 1. The predicted molar refractivity (Wildman–Crippen MR) is 249 cm³/mol. The lowest BCUT2D eigenvalue weighted by Gasteiger charge is -2.38. The molecule has 3 N–H and O–H groups in total. The van der Waals surface area contributed by atoms with E-state index in [0.29, 0.717) is 44.8 Å². The first-order chi connectivity index (χ1) is 30.7. The van der Waals surface area contributed by atoms with Gasteiger partial charge < -0.3 is 29.7 Å². The molecule has 0 bridgehead atoms. The van der Waals surface area contributed by atoms with Crippen LogP contribution in [0.4, 0.5) is 34.5 Å². The Balaban J connectivity index is 0.867. The molecule has 0 spiro atoms. The molecule has 0 radical (unpaired) electrons. The Labute approximate surface area is 379 Å². The summed E-state index contributed by atoms with van der Waals surface area (Å²) in [6.07, 6.45) is 6.72. The van der Waals surface area contributed by atoms with Crippen LogP contribution in [-0.4, -0.2) is 125 Å². The van der Waals surface area contributed by atoms with E-state index in [9.17, 15) is 23.7 Å². The largest absolute Gasteiger partial charge is 0.494 e. The number of imide groups is 2. The van der Waals surface area contributed by atoms with Gasteiger partial charge in [0.2, 0.25) is 17.8 Å². The van der Waals surface area contributed by atoms with Crippen molar-refractivity contribution in [1.29, 1.82) is 0 Å². The first kappa shape index (κ1) is 43.2. The van der Waals surface area contributed by atoms with E-state index in [1.54, 1.807) is 43.5 Å². The van der Waals surface area contributed by atoms with Gasteiger partial charge in [-0.15, -0.1) is 0 Å². The van der Waals surface area contributed by atoms with Crippen molar-refractivity contribution in [3.05, 3.63) is 88.8 Å². The number of halogens is 1. The van der Waals surface area contributed by atoms with Gasteiger partial charge in [-0.25, -0.2) is 4.98 Å². The number of carbonyl (C=O) groups excluding carboxylic acids is 4. The number of hydrogen-bond acceptors (Lipinski definition) is 14. The number of nitrogens with one attached hydrogen (secondary N) is 3. The molecule has 4 amide bonds. The van der Waals surface area contributed by atoms with Crippen LogP contribution in [-0.2, 0) is 21.2 Å². The number of fused-ring (bicyclic) bond motifs is 1. The van der Waals surface area contributed by atoms with Crippen molar-refractivity contribution in [2.24, 2.45) is 13.0 Å². The molecule has 64 heavy (non-hydrogen) atoms. The SMILES string of the molecule is COc1cc(N2CCN(C[C@H]3CCN(c4ccc5c(c4)C(=O)N(C4CCC(=O)NC4=O)C5=O)C3)CC2)c(-c2cnn(C)c2)cc1Nc1ncc(Br)c(Nc2ccccc2P(C)(C)=O)n1. The zero-order valence-electron chi connectivity index (χ0n) is 36.0. The van der Waals surface area contributed by atoms with Crippen molar-refractivity contribution in [3.8, 4) is 16.9 Å². The molecular weight excluding hydrogens is 901 g/mol. The monoisotopic (exact) mass is 949 g/mol. The Morgan fingerprint density at radius 2 is 1.66 bits per heavy atom. The molecule has 2 aromatic heterocycles. The van der Waals surface area contributed by atoms with E-state index in [1.807, 2.05) is 49.8 Å². The maximum atomic E-state index is 13.5. The first-order valence-electron chi connectivity index (χ1n) is 21.2. The third-order valence-corrected chi connectivity index (χ3v) is 14.5. The van der Waals surface area contributed by atoms with Crippen molar-refractivity contribution in [2.45, 2.75) is 25.3 Å². The molecule has 3 saturated heterocycles. The highest BCUT2D eigenvalue weighted by atomic mass is 79.9. The number of ether oxygens (including phenoxy) is 1. The van der Waals surface area contributed by atoms with Crippen molar-refractivity contribution in [3.63, 3.8) is 0 Å². The van der Waals surface area contributed by atoms with E-state index in [-0.39, 0.29) is 18.4 Å². The van der Waals surface area contributed by atoms with Gasteiger partial charge in [0.05, 0.1) is 40.3 Å². The van der Waals surface area contributed by atoms with Crippen LogP contribution in [0.3, 0.4) is 0 Å². The number of carbonyl (C=O) groups is 4. The zero-order valence-corrected chi connectivity index (χ0v) is 38.5. The van der Waals surface area contributed by atoms with E-state index in [4.69, 9.17) is 9.72 Å². The fourth-order valence-electron chi connectivity index (χ4n) is 9.11. The van der Waals surface area contributed by atoms with Gasteiger partial charge in [-0.05, 0) is 84.4 Å². The summed E-state index contributed by atoms with van der Waals surface area (Å²) in [7, 11) is 0.973. The number of aromatic nitrogens is 4. The lowest BCUT2D eigenvalue weighted by Crippen LogP contribution is -2.54. The molecule has 9 rings (SSSR count). The van der Waals surface area contributed by atoms with Gasteiger partial charge in [0, 0.05) is 106 Å². The van der Waals surface area contributed by atoms with Gasteiger partial charge in [-0.3, -0.25) is 39.0 Å². The third kappa shape index (κ3) is 8.61. The highest BCUT2D eigenvalue weighted by Gasteiger charge is 2.45. The fraction of sp³-hybridized carbons (Fsp3) is 0.356. The van der Waals surface area contributed by atoms with Gasteiger partial charge >= 0.3 is 0 Å². The Morgan fingerprint density at radius 3 is 2.39 bits per heavy atom. The molecule has 0 aliphatic carbocycles. The van der Waals surface area contributed by atoms with E-state index < -0.39 is 36.8 Å². The summed E-state index contributed by atoms with van der Waals surface area (Å²) in [5.41, 5.74) is 5.82. The Hall–Kier alpha value is -6.10. The Morgan fingerprint density at radius 1 is 0.875 bits per heavy atom. The number of piperidine rings is 1. The van der Waals surface area contributed by atoms with Crippen LogP contribution in [0.15, 0.2) is 77.7 Å². The number of nitrogens with zero attached hydrogens (tertiary/aromatic N) is 8. The molecule has 4 aliphatic heterocycles. The van der Waals surface area contributed by atoms with E-state index in [1.165, 1.54) is 0 Å². The van der Waals surface area contributed by atoms with E-state index in [0.717, 1.165) is 84.9 Å². The van der Waals surface area contributed by atoms with Crippen molar-refractivity contribution < 1.29 is 28.5 Å². The topological polar surface area (TPSA) is 187 Å². The fourth-order valence-corrected chi connectivity index (χ4v) is 10.6. The number of amides is 4. The smallest absolute Gasteiger partial charge is 0.262 e. The van der Waals surface area contributed by atoms with Crippen LogP contribution in [0.5, 0.6) is 5.75 Å². The van der Waals surface area contributed by atoms with Crippen molar-refractivity contribution in [2.75, 3.05) is 86.7 Å². The molecule has 332 valence electrons. The number of rotatable bonds is 12. The van der Waals surface area contributed by atoms with Gasteiger partial charge in [-0.2, -0.15) is 10.1 Å². The van der Waals surface area contributed by atoms with Crippen molar-refractivity contribution in [1.82, 2.24) is 34.9 Å². The average Bonchev–Trinajstić information content (AvgIpc) is 3.99. The number of benzene rings is 3. The molecule has 0 saturated carbocycles. The Kier molecular flexibility index (Phi) is 11.8. The summed E-state index contributed by atoms with van der Waals surface area (Å²) < 4.78 is 21.5. The average molecular weight is 951 g/mol. The third-order valence-electron chi connectivity index (χ3n) is 12.4. The summed E-state index contributed by atoms with van der Waals surface area (Å²) >= 11 is 3.58. The minimum atomic E-state index is -2.57. The summed E-state index contributed by atoms with van der Waals surface area (Å²) in [5, 5.41) is 14.2. The summed E-state index contributed by atoms with van der Waals surface area (Å²) in [5.74, 6) is -0.101. The zero-order chi connectivity index (χ0) is 44.9. The maximum Gasteiger partial charge on any atom is 0.262 e. The van der Waals surface area contributed by atoms with Crippen LogP contribution in [0, 0.1) is 5.92 Å². The van der Waals surface area contributed by atoms with Gasteiger partial charge in [0.15, 0.2) is 0 Å². The second-order valence-corrected chi connectivity index (χ2v) is 21.1. The standard InChI is InChI=1S/C45H49BrN11O6P/c1-53-26-28(22-48-53)31-20-35(50-45-47-23-33(46)41(52-45)49-34-7-5-6-8-39(34)64(3,4)62)38(63-2)21-37(31)55-17-15-54(16-18-55)24-27-13-14-56(25-27)29-9-10-30-32(19-29)44(61)57(43(30)60)36-11-12-40(58)51-42(36)59/h5-10,19-23,26-27,36H,11-18,24-25H2,1-4H3,(H,51,58,59)(H2,47,49,50,52)/t27-,36?/m1/s1. The van der Waals surface area contributed by atoms with Crippen LogP contribution in [0.2, 0.25) is 0 Å². The Bertz CT molecular complexity index is 2730. The van der Waals surface area contributed by atoms with Crippen LogP contribution in [0.1, 0.15) is 40.0 Å². The molecule has 6 heterocycles. The molecule has 3 aromatic carbocycles. The molecule has 1 unspecified atom stereocenters. The van der Waals surface area contributed by atoms with Crippen molar-refractivity contribution >= 4 is 86.5 Å². The normalized spacial score (nSPS) is 19.3. The second kappa shape index (κ2) is 17.5. The summed E-state index contributed by atoms with van der Waals surface area (Å²) in [6.45, 7) is 9.42. The van der Waals surface area contributed by atoms with E-state index >= 15 is 0 Å². The number of anilines is 6. The lowest BCUT2D eigenvalue weighted by molar-refractivity contribution is -0.136. The van der Waals surface area contributed by atoms with Crippen LogP contribution >= 0.6 is 23.1 Å². The quantitative estimate of drug-likeness (QED) is 0.106. The molecule has 17 nitrogen and oxygen atoms in total. The van der Waals surface area contributed by atoms with Crippen LogP contribution in [0.25, 0.3) is 11.1 Å². The molecule has 2 atom stereocenters. The minimum absolute atomic E-state index is 0.0817. The number of hydrogen-bond donors (Lipinski definition) is 3. The predicted octanol–water partition coefficient (Wildman–Crippen LogP) is 5.43. The highest BCUT2D eigenvalue weighted by molar-refractivity contribution is 9.10. The molecular formula is C45H49BrN11O6P. The molecule has 4 aliphatic rings. The van der Waals surface area contributed by atoms with Crippen LogP contribution < -0.4 is 35.8 Å². The molecule has 19 heteroatoms. The van der Waals surface area contributed by atoms with E-state index in [2.05, 4.69) is 68.8 Å².